The summed E-state index contributed by atoms with van der Waals surface area (Å²) < 4.78 is 13.8. The van der Waals surface area contributed by atoms with Gasteiger partial charge in [-0.25, -0.2) is 4.39 Å². The number of nitrogens with one attached hydrogen (secondary N) is 1. The van der Waals surface area contributed by atoms with Gasteiger partial charge in [0.2, 0.25) is 5.91 Å². The molecule has 0 unspecified atom stereocenters. The van der Waals surface area contributed by atoms with E-state index in [2.05, 4.69) is 5.32 Å². The fourth-order valence-electron chi connectivity index (χ4n) is 1.63. The van der Waals surface area contributed by atoms with E-state index in [-0.39, 0.29) is 5.92 Å². The third-order valence-electron chi connectivity index (χ3n) is 2.64. The molecule has 0 bridgehead atoms. The summed E-state index contributed by atoms with van der Waals surface area (Å²) >= 11 is 5.69. The van der Waals surface area contributed by atoms with E-state index in [1.54, 1.807) is 12.1 Å². The average molecular weight is 274 g/mol. The fraction of sp³-hybridized carbons (Fsp3) is 0.462. The Bertz CT molecular complexity index is 435. The zero-order valence-electron chi connectivity index (χ0n) is 10.6. The molecule has 0 aliphatic carbocycles. The molecule has 2 atom stereocenters. The lowest BCUT2D eigenvalue weighted by Gasteiger charge is -2.24. The number of benzene rings is 1. The summed E-state index contributed by atoms with van der Waals surface area (Å²) in [4.78, 5) is 11.5. The summed E-state index contributed by atoms with van der Waals surface area (Å²) in [6, 6.07) is 3.83. The van der Waals surface area contributed by atoms with Gasteiger partial charge in [0.25, 0.3) is 0 Å². The van der Waals surface area contributed by atoms with Crippen LogP contribution in [0.3, 0.4) is 0 Å². The second-order valence-corrected chi connectivity index (χ2v) is 5.01. The van der Waals surface area contributed by atoms with Crippen LogP contribution in [0.2, 0.25) is 5.02 Å². The van der Waals surface area contributed by atoms with E-state index in [1.807, 2.05) is 13.8 Å². The zero-order chi connectivity index (χ0) is 13.9. The van der Waals surface area contributed by atoms with E-state index in [1.165, 1.54) is 13.0 Å². The molecular weight excluding hydrogens is 257 g/mol. The molecule has 1 aromatic rings. The molecule has 0 fully saturated rings. The predicted molar refractivity (Wildman–Crippen MR) is 68.8 cm³/mol. The number of hydrogen-bond donors (Lipinski definition) is 2. The third kappa shape index (κ3) is 3.68. The normalized spacial score (nSPS) is 14.4. The summed E-state index contributed by atoms with van der Waals surface area (Å²) in [5.74, 6) is -1.00. The van der Waals surface area contributed by atoms with Crippen LogP contribution >= 0.6 is 11.6 Å². The van der Waals surface area contributed by atoms with E-state index < -0.39 is 23.9 Å². The summed E-state index contributed by atoms with van der Waals surface area (Å²) in [6.07, 6.45) is -1.12. The standard InChI is InChI=1S/C13H17ClFNO2/c1-7(2)12(16-13(18)8(3)17)10-5-4-9(14)6-11(10)15/h4-8,12,17H,1-3H3,(H,16,18)/t8-,12-/m0/s1. The Morgan fingerprint density at radius 3 is 2.44 bits per heavy atom. The lowest BCUT2D eigenvalue weighted by Crippen LogP contribution is -2.38. The van der Waals surface area contributed by atoms with E-state index in [0.29, 0.717) is 10.6 Å². The maximum Gasteiger partial charge on any atom is 0.249 e. The number of carbonyl (C=O) groups excluding carboxylic acids is 1. The monoisotopic (exact) mass is 273 g/mol. The van der Waals surface area contributed by atoms with Gasteiger partial charge in [0.15, 0.2) is 0 Å². The van der Waals surface area contributed by atoms with Crippen LogP contribution in [0.5, 0.6) is 0 Å². The summed E-state index contributed by atoms with van der Waals surface area (Å²) in [5, 5.41) is 12.1. The fourth-order valence-corrected chi connectivity index (χ4v) is 1.79. The molecule has 100 valence electrons. The van der Waals surface area contributed by atoms with E-state index in [4.69, 9.17) is 11.6 Å². The number of amides is 1. The second kappa shape index (κ2) is 6.16. The lowest BCUT2D eigenvalue weighted by molar-refractivity contribution is -0.129. The highest BCUT2D eigenvalue weighted by molar-refractivity contribution is 6.30. The molecule has 2 N–H and O–H groups in total. The molecule has 18 heavy (non-hydrogen) atoms. The van der Waals surface area contributed by atoms with Gasteiger partial charge in [0.1, 0.15) is 11.9 Å². The van der Waals surface area contributed by atoms with Crippen LogP contribution in [0.25, 0.3) is 0 Å². The number of aliphatic hydroxyl groups excluding tert-OH is 1. The Morgan fingerprint density at radius 1 is 1.39 bits per heavy atom. The van der Waals surface area contributed by atoms with Gasteiger partial charge in [-0.15, -0.1) is 0 Å². The first kappa shape index (κ1) is 14.9. The highest BCUT2D eigenvalue weighted by atomic mass is 35.5. The predicted octanol–water partition coefficient (Wildman–Crippen LogP) is 2.67. The molecule has 0 saturated carbocycles. The minimum Gasteiger partial charge on any atom is -0.384 e. The molecule has 1 rings (SSSR count). The van der Waals surface area contributed by atoms with Crippen molar-refractivity contribution in [1.29, 1.82) is 0 Å². The Kier molecular flexibility index (Phi) is 5.11. The Hall–Kier alpha value is -1.13. The van der Waals surface area contributed by atoms with Crippen LogP contribution in [0.1, 0.15) is 32.4 Å². The van der Waals surface area contributed by atoms with Crippen LogP contribution in [-0.4, -0.2) is 17.1 Å². The van der Waals surface area contributed by atoms with Crippen molar-refractivity contribution in [2.45, 2.75) is 32.9 Å². The highest BCUT2D eigenvalue weighted by Gasteiger charge is 2.23. The van der Waals surface area contributed by atoms with Crippen LogP contribution in [0, 0.1) is 11.7 Å². The summed E-state index contributed by atoms with van der Waals surface area (Å²) in [6.45, 7) is 5.09. The molecule has 0 aliphatic rings. The quantitative estimate of drug-likeness (QED) is 0.886. The average Bonchev–Trinajstić information content (AvgIpc) is 2.26. The number of rotatable bonds is 4. The van der Waals surface area contributed by atoms with Gasteiger partial charge in [-0.05, 0) is 25.0 Å². The van der Waals surface area contributed by atoms with Crippen LogP contribution < -0.4 is 5.32 Å². The summed E-state index contributed by atoms with van der Waals surface area (Å²) in [5.41, 5.74) is 0.364. The molecular formula is C13H17ClFNO2. The van der Waals surface area contributed by atoms with Gasteiger partial charge in [-0.2, -0.15) is 0 Å². The molecule has 0 spiro atoms. The molecule has 0 aliphatic heterocycles. The van der Waals surface area contributed by atoms with E-state index in [9.17, 15) is 14.3 Å². The van der Waals surface area contributed by atoms with Gasteiger partial charge in [-0.3, -0.25) is 4.79 Å². The van der Waals surface area contributed by atoms with Crippen LogP contribution in [0.15, 0.2) is 18.2 Å². The topological polar surface area (TPSA) is 49.3 Å². The van der Waals surface area contributed by atoms with Gasteiger partial charge in [0, 0.05) is 10.6 Å². The molecule has 3 nitrogen and oxygen atoms in total. The van der Waals surface area contributed by atoms with Crippen molar-refractivity contribution in [3.8, 4) is 0 Å². The van der Waals surface area contributed by atoms with Crippen molar-refractivity contribution in [2.24, 2.45) is 5.92 Å². The number of halogens is 2. The van der Waals surface area contributed by atoms with Crippen molar-refractivity contribution < 1.29 is 14.3 Å². The van der Waals surface area contributed by atoms with Crippen molar-refractivity contribution in [2.75, 3.05) is 0 Å². The van der Waals surface area contributed by atoms with Crippen molar-refractivity contribution >= 4 is 17.5 Å². The minimum absolute atomic E-state index is 0.0108. The second-order valence-electron chi connectivity index (χ2n) is 4.57. The third-order valence-corrected chi connectivity index (χ3v) is 2.88. The Morgan fingerprint density at radius 2 is 2.00 bits per heavy atom. The van der Waals surface area contributed by atoms with E-state index >= 15 is 0 Å². The molecule has 1 aromatic carbocycles. The maximum atomic E-state index is 13.8. The number of aliphatic hydroxyl groups is 1. The number of carbonyl (C=O) groups is 1. The van der Waals surface area contributed by atoms with Crippen molar-refractivity contribution in [3.05, 3.63) is 34.6 Å². The molecule has 0 saturated heterocycles. The van der Waals surface area contributed by atoms with Crippen molar-refractivity contribution in [1.82, 2.24) is 5.32 Å². The summed E-state index contributed by atoms with van der Waals surface area (Å²) in [7, 11) is 0. The first-order valence-corrected chi connectivity index (χ1v) is 6.14. The zero-order valence-corrected chi connectivity index (χ0v) is 11.3. The Labute approximate surface area is 111 Å². The van der Waals surface area contributed by atoms with E-state index in [0.717, 1.165) is 0 Å². The molecule has 0 aromatic heterocycles. The Balaban J connectivity index is 3.01. The minimum atomic E-state index is -1.12. The highest BCUT2D eigenvalue weighted by Crippen LogP contribution is 2.26. The molecule has 1 amide bonds. The SMILES string of the molecule is CC(C)[C@H](NC(=O)[C@H](C)O)c1ccc(Cl)cc1F. The number of hydrogen-bond acceptors (Lipinski definition) is 2. The maximum absolute atomic E-state index is 13.8. The van der Waals surface area contributed by atoms with Gasteiger partial charge in [-0.1, -0.05) is 31.5 Å². The first-order valence-electron chi connectivity index (χ1n) is 5.76. The largest absolute Gasteiger partial charge is 0.384 e. The molecule has 0 radical (unpaired) electrons. The van der Waals surface area contributed by atoms with Crippen molar-refractivity contribution in [3.63, 3.8) is 0 Å². The van der Waals surface area contributed by atoms with Crippen LogP contribution in [-0.2, 0) is 4.79 Å². The lowest BCUT2D eigenvalue weighted by atomic mass is 9.95. The molecule has 5 heteroatoms. The van der Waals surface area contributed by atoms with Crippen LogP contribution in [0.4, 0.5) is 4.39 Å². The first-order chi connectivity index (χ1) is 8.32. The molecule has 0 heterocycles. The van der Waals surface area contributed by atoms with Gasteiger partial charge < -0.3 is 10.4 Å². The van der Waals surface area contributed by atoms with Gasteiger partial charge in [0.05, 0.1) is 6.04 Å². The van der Waals surface area contributed by atoms with Gasteiger partial charge >= 0.3 is 0 Å². The smallest absolute Gasteiger partial charge is 0.249 e.